The third-order valence-corrected chi connectivity index (χ3v) is 5.46. The Morgan fingerprint density at radius 1 is 0.969 bits per heavy atom. The van der Waals surface area contributed by atoms with Crippen LogP contribution >= 0.6 is 0 Å². The van der Waals surface area contributed by atoms with Crippen molar-refractivity contribution in [2.45, 2.75) is 36.8 Å². The lowest BCUT2D eigenvalue weighted by Gasteiger charge is -2.41. The molecule has 1 fully saturated rings. The van der Waals surface area contributed by atoms with Gasteiger partial charge in [-0.3, -0.25) is 4.79 Å². The summed E-state index contributed by atoms with van der Waals surface area (Å²) >= 11 is 0. The molecular weight excluding hydrogens is 428 g/mol. The maximum Gasteiger partial charge on any atom is 0.229 e. The number of ether oxygens (including phenoxy) is 3. The molecule has 11 heteroatoms. The van der Waals surface area contributed by atoms with Crippen molar-refractivity contribution in [3.63, 3.8) is 0 Å². The summed E-state index contributed by atoms with van der Waals surface area (Å²) in [6.07, 6.45) is -6.95. The number of phenolic OH excluding ortho intramolecular Hbond substituents is 1. The molecule has 11 nitrogen and oxygen atoms in total. The lowest BCUT2D eigenvalue weighted by Crippen LogP contribution is -2.59. The molecule has 0 amide bonds. The van der Waals surface area contributed by atoms with Crippen molar-refractivity contribution in [2.75, 3.05) is 6.61 Å². The average molecular weight is 450 g/mol. The van der Waals surface area contributed by atoms with Crippen LogP contribution in [0.5, 0.6) is 5.75 Å². The standard InChI is InChI=1S/C21H22O11/c22-7-13-15(26)17(28)18(29)21(31-13)32-20-16(27)14-11(25)5-10(24)6-12(14)30-19(20)8-1-3-9(23)4-2-8/h1-6,12-15,17-18,21-26,28-29H,7H2/t12-,13+,14+,15+,17-,18-,21+/m0/s1. The number of ketones is 1. The average Bonchev–Trinajstić information content (AvgIpc) is 2.75. The number of benzene rings is 1. The molecule has 3 aliphatic rings. The van der Waals surface area contributed by atoms with Gasteiger partial charge in [0.1, 0.15) is 53.7 Å². The van der Waals surface area contributed by atoms with Gasteiger partial charge >= 0.3 is 0 Å². The fourth-order valence-electron chi connectivity index (χ4n) is 3.75. The summed E-state index contributed by atoms with van der Waals surface area (Å²) in [5.41, 5.74) is 0.288. The summed E-state index contributed by atoms with van der Waals surface area (Å²) < 4.78 is 16.8. The number of carbonyl (C=O) groups is 1. The molecule has 1 saturated heterocycles. The molecular formula is C21H22O11. The smallest absolute Gasteiger partial charge is 0.229 e. The van der Waals surface area contributed by atoms with Crippen molar-refractivity contribution in [2.24, 2.45) is 5.92 Å². The fourth-order valence-corrected chi connectivity index (χ4v) is 3.75. The second kappa shape index (κ2) is 8.45. The van der Waals surface area contributed by atoms with Crippen LogP contribution in [0.3, 0.4) is 0 Å². The van der Waals surface area contributed by atoms with Crippen LogP contribution in [0.15, 0.2) is 53.7 Å². The van der Waals surface area contributed by atoms with Crippen molar-refractivity contribution >= 4 is 11.5 Å². The molecule has 1 aromatic rings. The van der Waals surface area contributed by atoms with Crippen LogP contribution in [0.25, 0.3) is 5.76 Å². The first kappa shape index (κ1) is 22.1. The van der Waals surface area contributed by atoms with Gasteiger partial charge in [0.05, 0.1) is 6.61 Å². The number of phenols is 1. The number of carbonyl (C=O) groups excluding carboxylic acids is 1. The Bertz CT molecular complexity index is 978. The van der Waals surface area contributed by atoms with E-state index in [1.807, 2.05) is 0 Å². The van der Waals surface area contributed by atoms with E-state index in [-0.39, 0.29) is 22.8 Å². The molecule has 0 bridgehead atoms. The first-order valence-corrected chi connectivity index (χ1v) is 9.74. The Morgan fingerprint density at radius 3 is 2.31 bits per heavy atom. The molecule has 0 aromatic heterocycles. The Balaban J connectivity index is 1.76. The fraction of sp³-hybridized carbons (Fsp3) is 0.381. The van der Waals surface area contributed by atoms with E-state index in [0.29, 0.717) is 0 Å². The van der Waals surface area contributed by atoms with Gasteiger partial charge in [-0.1, -0.05) is 0 Å². The summed E-state index contributed by atoms with van der Waals surface area (Å²) in [4.78, 5) is 13.3. The van der Waals surface area contributed by atoms with Gasteiger partial charge in [-0.25, -0.2) is 0 Å². The maximum atomic E-state index is 13.3. The second-order valence-electron chi connectivity index (χ2n) is 7.61. The van der Waals surface area contributed by atoms with Crippen LogP contribution in [0.1, 0.15) is 5.56 Å². The molecule has 1 aromatic carbocycles. The number of allylic oxidation sites excluding steroid dienone is 2. The monoisotopic (exact) mass is 450 g/mol. The van der Waals surface area contributed by atoms with Crippen molar-refractivity contribution < 1.29 is 54.8 Å². The summed E-state index contributed by atoms with van der Waals surface area (Å²) in [5.74, 6) is -3.45. The Labute approximate surface area is 181 Å². The minimum absolute atomic E-state index is 0.0541. The van der Waals surface area contributed by atoms with E-state index in [0.717, 1.165) is 6.08 Å². The van der Waals surface area contributed by atoms with Crippen LogP contribution < -0.4 is 0 Å². The number of Topliss-reactive ketones (excluding diaryl/α,β-unsaturated/α-hetero) is 1. The molecule has 2 aliphatic heterocycles. The number of hydrogen-bond donors (Lipinski definition) is 7. The maximum absolute atomic E-state index is 13.3. The van der Waals surface area contributed by atoms with E-state index in [1.54, 1.807) is 0 Å². The van der Waals surface area contributed by atoms with Gasteiger partial charge in [0.25, 0.3) is 0 Å². The zero-order valence-electron chi connectivity index (χ0n) is 16.5. The van der Waals surface area contributed by atoms with Gasteiger partial charge in [-0.15, -0.1) is 0 Å². The zero-order chi connectivity index (χ0) is 23.2. The van der Waals surface area contributed by atoms with Gasteiger partial charge in [-0.05, 0) is 30.3 Å². The van der Waals surface area contributed by atoms with Crippen LogP contribution in [0.4, 0.5) is 0 Å². The van der Waals surface area contributed by atoms with Crippen molar-refractivity contribution in [3.05, 3.63) is 59.3 Å². The molecule has 2 heterocycles. The summed E-state index contributed by atoms with van der Waals surface area (Å²) in [6, 6.07) is 5.52. The van der Waals surface area contributed by atoms with E-state index in [1.165, 1.54) is 30.3 Å². The van der Waals surface area contributed by atoms with Crippen LogP contribution in [-0.2, 0) is 19.0 Å². The lowest BCUT2D eigenvalue weighted by atomic mass is 9.86. The quantitative estimate of drug-likeness (QED) is 0.309. The van der Waals surface area contributed by atoms with Crippen molar-refractivity contribution in [1.82, 2.24) is 0 Å². The third-order valence-electron chi connectivity index (χ3n) is 5.46. The molecule has 0 radical (unpaired) electrons. The third kappa shape index (κ3) is 3.80. The van der Waals surface area contributed by atoms with Gasteiger partial charge in [0, 0.05) is 11.6 Å². The van der Waals surface area contributed by atoms with Crippen LogP contribution in [-0.4, -0.2) is 84.9 Å². The number of aliphatic hydroxyl groups excluding tert-OH is 6. The predicted molar refractivity (Wildman–Crippen MR) is 105 cm³/mol. The first-order chi connectivity index (χ1) is 15.2. The van der Waals surface area contributed by atoms with E-state index >= 15 is 0 Å². The lowest BCUT2D eigenvalue weighted by molar-refractivity contribution is -0.291. The number of aliphatic hydroxyl groups is 6. The Kier molecular flexibility index (Phi) is 5.84. The SMILES string of the molecule is O=C1C(O[C@H]2O[C@H](CO)[C@@H](O)[C@H](O)[C@@H]2O)=C(c2ccc(O)cc2)O[C@H]2C=C(O)C=C(O)[C@@H]12. The van der Waals surface area contributed by atoms with Gasteiger partial charge in [0.15, 0.2) is 5.76 Å². The molecule has 7 atom stereocenters. The van der Waals surface area contributed by atoms with E-state index in [9.17, 15) is 40.5 Å². The number of aromatic hydroxyl groups is 1. The zero-order valence-corrected chi connectivity index (χ0v) is 16.5. The highest BCUT2D eigenvalue weighted by atomic mass is 16.7. The minimum Gasteiger partial charge on any atom is -0.511 e. The molecule has 1 aliphatic carbocycles. The largest absolute Gasteiger partial charge is 0.511 e. The normalized spacial score (nSPS) is 34.9. The topological polar surface area (TPSA) is 186 Å². The van der Waals surface area contributed by atoms with Gasteiger partial charge in [-0.2, -0.15) is 0 Å². The highest BCUT2D eigenvalue weighted by Crippen LogP contribution is 2.40. The molecule has 4 rings (SSSR count). The second-order valence-corrected chi connectivity index (χ2v) is 7.61. The van der Waals surface area contributed by atoms with Crippen molar-refractivity contribution in [3.8, 4) is 5.75 Å². The van der Waals surface area contributed by atoms with Gasteiger partial charge < -0.3 is 50.0 Å². The molecule has 172 valence electrons. The summed E-state index contributed by atoms with van der Waals surface area (Å²) in [6.45, 7) is -0.697. The molecule has 0 saturated carbocycles. The van der Waals surface area contributed by atoms with Crippen molar-refractivity contribution in [1.29, 1.82) is 0 Å². The summed E-state index contributed by atoms with van der Waals surface area (Å²) in [7, 11) is 0. The van der Waals surface area contributed by atoms with E-state index < -0.39 is 66.6 Å². The van der Waals surface area contributed by atoms with E-state index in [4.69, 9.17) is 14.2 Å². The van der Waals surface area contributed by atoms with E-state index in [2.05, 4.69) is 0 Å². The highest BCUT2D eigenvalue weighted by molar-refractivity contribution is 6.04. The van der Waals surface area contributed by atoms with Crippen LogP contribution in [0.2, 0.25) is 0 Å². The first-order valence-electron chi connectivity index (χ1n) is 9.74. The predicted octanol–water partition coefficient (Wildman–Crippen LogP) is -0.641. The molecule has 0 spiro atoms. The van der Waals surface area contributed by atoms with Gasteiger partial charge in [0.2, 0.25) is 17.8 Å². The minimum atomic E-state index is -1.79. The Hall–Kier alpha value is -3.09. The van der Waals surface area contributed by atoms with Crippen LogP contribution in [0, 0.1) is 5.92 Å². The number of hydrogen-bond acceptors (Lipinski definition) is 11. The highest BCUT2D eigenvalue weighted by Gasteiger charge is 2.49. The molecule has 32 heavy (non-hydrogen) atoms. The molecule has 7 N–H and O–H groups in total. The number of fused-ring (bicyclic) bond motifs is 1. The number of rotatable bonds is 4. The summed E-state index contributed by atoms with van der Waals surface area (Å²) in [5, 5.41) is 69.2. The molecule has 0 unspecified atom stereocenters. The Morgan fingerprint density at radius 2 is 1.66 bits per heavy atom.